The van der Waals surface area contributed by atoms with E-state index in [0.717, 1.165) is 16.9 Å². The third-order valence-corrected chi connectivity index (χ3v) is 6.10. The van der Waals surface area contributed by atoms with Gasteiger partial charge in [-0.25, -0.2) is 4.98 Å². The molecule has 164 valence electrons. The highest BCUT2D eigenvalue weighted by molar-refractivity contribution is 7.99. The average molecular weight is 469 g/mol. The Bertz CT molecular complexity index is 1140. The summed E-state index contributed by atoms with van der Waals surface area (Å²) in [6.07, 6.45) is 1.83. The molecule has 0 bridgehead atoms. The number of aromatic nitrogens is 3. The van der Waals surface area contributed by atoms with Crippen LogP contribution in [0.4, 0.5) is 0 Å². The van der Waals surface area contributed by atoms with E-state index in [1.54, 1.807) is 31.6 Å². The number of H-pyrrole nitrogens is 1. The van der Waals surface area contributed by atoms with Gasteiger partial charge in [-0.2, -0.15) is 0 Å². The molecule has 0 fully saturated rings. The van der Waals surface area contributed by atoms with E-state index >= 15 is 0 Å². The third kappa shape index (κ3) is 5.72. The predicted octanol–water partition coefficient (Wildman–Crippen LogP) is 5.27. The average Bonchev–Trinajstić information content (AvgIpc) is 3.50. The molecule has 0 unspecified atom stereocenters. The molecular weight excluding hydrogens is 448 g/mol. The topological polar surface area (TPSA) is 93.0 Å². The van der Waals surface area contributed by atoms with Crippen LogP contribution in [-0.2, 0) is 11.3 Å². The maximum absolute atomic E-state index is 12.6. The monoisotopic (exact) mass is 468 g/mol. The van der Waals surface area contributed by atoms with Gasteiger partial charge < -0.3 is 14.5 Å². The van der Waals surface area contributed by atoms with Gasteiger partial charge in [0.25, 0.3) is 0 Å². The quantitative estimate of drug-likeness (QED) is 0.325. The van der Waals surface area contributed by atoms with Gasteiger partial charge in [0.15, 0.2) is 5.82 Å². The normalized spacial score (nSPS) is 11.8. The molecule has 0 aliphatic carbocycles. The Hall–Kier alpha value is -3.23. The van der Waals surface area contributed by atoms with Crippen LogP contribution in [0, 0.1) is 0 Å². The Morgan fingerprint density at radius 2 is 1.97 bits per heavy atom. The standard InChI is InChI=1S/C23H21ClN4O3S/c1-30-18-10-6-15(7-11-18)20(13-21(29)25-14-19-3-2-12-31-19)32-23-26-22(27-28-23)16-4-8-17(24)9-5-16/h2-12,20H,13-14H2,1H3,(H,25,29)(H,26,27,28)/t20-/m0/s1. The van der Waals surface area contributed by atoms with E-state index in [-0.39, 0.29) is 17.6 Å². The Morgan fingerprint density at radius 3 is 2.66 bits per heavy atom. The zero-order valence-electron chi connectivity index (χ0n) is 17.2. The molecule has 2 aromatic carbocycles. The summed E-state index contributed by atoms with van der Waals surface area (Å²) < 4.78 is 10.5. The second-order valence-corrected chi connectivity index (χ2v) is 8.52. The van der Waals surface area contributed by atoms with E-state index in [9.17, 15) is 4.79 Å². The van der Waals surface area contributed by atoms with Crippen molar-refractivity contribution in [2.75, 3.05) is 7.11 Å². The Kier molecular flexibility index (Phi) is 7.14. The first-order valence-corrected chi connectivity index (χ1v) is 11.1. The number of rotatable bonds is 9. The lowest BCUT2D eigenvalue weighted by Crippen LogP contribution is -2.23. The number of aromatic amines is 1. The van der Waals surface area contributed by atoms with Crippen LogP contribution in [0.3, 0.4) is 0 Å². The Balaban J connectivity index is 1.49. The first kappa shape index (κ1) is 22.0. The van der Waals surface area contributed by atoms with Crippen molar-refractivity contribution in [1.29, 1.82) is 0 Å². The first-order chi connectivity index (χ1) is 15.6. The summed E-state index contributed by atoms with van der Waals surface area (Å²) in [6.45, 7) is 0.340. The van der Waals surface area contributed by atoms with E-state index in [1.807, 2.05) is 42.5 Å². The minimum absolute atomic E-state index is 0.0943. The molecule has 0 radical (unpaired) electrons. The molecule has 2 heterocycles. The smallest absolute Gasteiger partial charge is 0.221 e. The minimum Gasteiger partial charge on any atom is -0.497 e. The van der Waals surface area contributed by atoms with Crippen LogP contribution >= 0.6 is 23.4 Å². The molecule has 0 saturated carbocycles. The van der Waals surface area contributed by atoms with E-state index < -0.39 is 0 Å². The molecule has 2 aromatic heterocycles. The lowest BCUT2D eigenvalue weighted by atomic mass is 10.1. The highest BCUT2D eigenvalue weighted by Gasteiger charge is 2.20. The highest BCUT2D eigenvalue weighted by atomic mass is 35.5. The summed E-state index contributed by atoms with van der Waals surface area (Å²) in [5, 5.41) is 11.2. The number of thioether (sulfide) groups is 1. The van der Waals surface area contributed by atoms with E-state index in [4.69, 9.17) is 20.8 Å². The number of furan rings is 1. The number of carbonyl (C=O) groups is 1. The summed E-state index contributed by atoms with van der Waals surface area (Å²) in [5.41, 5.74) is 1.85. The van der Waals surface area contributed by atoms with Crippen LogP contribution in [0.15, 0.2) is 76.5 Å². The molecule has 4 rings (SSSR count). The number of hydrogen-bond acceptors (Lipinski definition) is 6. The number of nitrogens with zero attached hydrogens (tertiary/aromatic N) is 2. The van der Waals surface area contributed by atoms with Crippen molar-refractivity contribution < 1.29 is 13.9 Å². The van der Waals surface area contributed by atoms with Gasteiger partial charge in [-0.3, -0.25) is 9.89 Å². The van der Waals surface area contributed by atoms with Crippen LogP contribution in [0.2, 0.25) is 5.02 Å². The first-order valence-electron chi connectivity index (χ1n) is 9.89. The second kappa shape index (κ2) is 10.4. The van der Waals surface area contributed by atoms with Gasteiger partial charge in [-0.1, -0.05) is 35.5 Å². The summed E-state index contributed by atoms with van der Waals surface area (Å²) in [6, 6.07) is 18.6. The molecule has 32 heavy (non-hydrogen) atoms. The van der Waals surface area contributed by atoms with E-state index in [2.05, 4.69) is 20.5 Å². The van der Waals surface area contributed by atoms with E-state index in [1.165, 1.54) is 11.8 Å². The zero-order chi connectivity index (χ0) is 22.3. The minimum atomic E-state index is -0.189. The van der Waals surface area contributed by atoms with Gasteiger partial charge in [0.05, 0.1) is 19.9 Å². The van der Waals surface area contributed by atoms with Crippen molar-refractivity contribution in [1.82, 2.24) is 20.5 Å². The number of ether oxygens (including phenoxy) is 1. The number of amides is 1. The zero-order valence-corrected chi connectivity index (χ0v) is 18.8. The Morgan fingerprint density at radius 1 is 1.19 bits per heavy atom. The summed E-state index contributed by atoms with van der Waals surface area (Å²) in [7, 11) is 1.62. The fraction of sp³-hybridized carbons (Fsp3) is 0.174. The lowest BCUT2D eigenvalue weighted by molar-refractivity contribution is -0.121. The fourth-order valence-electron chi connectivity index (χ4n) is 3.05. The SMILES string of the molecule is COc1ccc([C@H](CC(=O)NCc2ccco2)Sc2n[nH]c(-c3ccc(Cl)cc3)n2)cc1. The van der Waals surface area contributed by atoms with Crippen molar-refractivity contribution in [2.45, 2.75) is 23.4 Å². The molecule has 2 N–H and O–H groups in total. The third-order valence-electron chi connectivity index (χ3n) is 4.73. The molecule has 0 saturated heterocycles. The van der Waals surface area contributed by atoms with Gasteiger partial charge in [-0.05, 0) is 54.1 Å². The van der Waals surface area contributed by atoms with Crippen molar-refractivity contribution in [3.05, 3.63) is 83.3 Å². The number of halogens is 1. The van der Waals surface area contributed by atoms with Gasteiger partial charge >= 0.3 is 0 Å². The summed E-state index contributed by atoms with van der Waals surface area (Å²) >= 11 is 7.39. The summed E-state index contributed by atoms with van der Waals surface area (Å²) in [5.74, 6) is 2.00. The fourth-order valence-corrected chi connectivity index (χ4v) is 4.20. The van der Waals surface area contributed by atoms with Gasteiger partial charge in [0, 0.05) is 22.3 Å². The largest absolute Gasteiger partial charge is 0.497 e. The van der Waals surface area contributed by atoms with Crippen molar-refractivity contribution in [3.8, 4) is 17.1 Å². The van der Waals surface area contributed by atoms with E-state index in [0.29, 0.717) is 28.3 Å². The predicted molar refractivity (Wildman–Crippen MR) is 124 cm³/mol. The van der Waals surface area contributed by atoms with Crippen molar-refractivity contribution in [2.24, 2.45) is 0 Å². The van der Waals surface area contributed by atoms with Crippen LogP contribution in [0.1, 0.15) is 23.0 Å². The highest BCUT2D eigenvalue weighted by Crippen LogP contribution is 2.37. The van der Waals surface area contributed by atoms with Crippen molar-refractivity contribution in [3.63, 3.8) is 0 Å². The van der Waals surface area contributed by atoms with Gasteiger partial charge in [0.2, 0.25) is 11.1 Å². The number of carbonyl (C=O) groups excluding carboxylic acids is 1. The van der Waals surface area contributed by atoms with Crippen LogP contribution in [0.5, 0.6) is 5.75 Å². The number of methoxy groups -OCH3 is 1. The van der Waals surface area contributed by atoms with Crippen LogP contribution in [-0.4, -0.2) is 28.2 Å². The molecule has 0 aliphatic heterocycles. The summed E-state index contributed by atoms with van der Waals surface area (Å²) in [4.78, 5) is 17.2. The molecule has 1 atom stereocenters. The lowest BCUT2D eigenvalue weighted by Gasteiger charge is -2.15. The molecule has 4 aromatic rings. The molecule has 0 spiro atoms. The van der Waals surface area contributed by atoms with Gasteiger partial charge in [-0.15, -0.1) is 5.10 Å². The van der Waals surface area contributed by atoms with Crippen molar-refractivity contribution >= 4 is 29.3 Å². The van der Waals surface area contributed by atoms with Gasteiger partial charge in [0.1, 0.15) is 11.5 Å². The van der Waals surface area contributed by atoms with Crippen LogP contribution in [0.25, 0.3) is 11.4 Å². The molecule has 7 nitrogen and oxygen atoms in total. The maximum atomic E-state index is 12.6. The number of hydrogen-bond donors (Lipinski definition) is 2. The molecule has 9 heteroatoms. The molecule has 1 amide bonds. The molecular formula is C23H21ClN4O3S. The molecule has 0 aliphatic rings. The van der Waals surface area contributed by atoms with Crippen LogP contribution < -0.4 is 10.1 Å². The maximum Gasteiger partial charge on any atom is 0.221 e. The second-order valence-electron chi connectivity index (χ2n) is 6.91. The number of nitrogens with one attached hydrogen (secondary N) is 2. The number of benzene rings is 2. The Labute approximate surface area is 194 Å².